The largest absolute Gasteiger partial charge is 0.310 e. The molecule has 0 saturated heterocycles. The van der Waals surface area contributed by atoms with Crippen LogP contribution in [0.3, 0.4) is 0 Å². The molecule has 0 bridgehead atoms. The zero-order valence-corrected chi connectivity index (χ0v) is 33.5. The minimum absolute atomic E-state index is 0.633. The number of rotatable bonds is 8. The van der Waals surface area contributed by atoms with Gasteiger partial charge in [-0.05, 0) is 138 Å². The second kappa shape index (κ2) is 14.1. The molecule has 0 saturated carbocycles. The molecule has 2 nitrogen and oxygen atoms in total. The van der Waals surface area contributed by atoms with Gasteiger partial charge in [-0.15, -0.1) is 0 Å². The third-order valence-electron chi connectivity index (χ3n) is 12.7. The van der Waals surface area contributed by atoms with E-state index in [2.05, 4.69) is 252 Å². The summed E-state index contributed by atoms with van der Waals surface area (Å²) in [5.41, 5.74) is 11.1. The lowest BCUT2D eigenvalue weighted by molar-refractivity contribution is 0.771. The van der Waals surface area contributed by atoms with Crippen LogP contribution in [-0.4, -0.2) is 0 Å². The Kier molecular flexibility index (Phi) is 8.11. The molecular formula is C59H40N2. The zero-order chi connectivity index (χ0) is 40.3. The Hall–Kier alpha value is -7.94. The van der Waals surface area contributed by atoms with Gasteiger partial charge in [0.15, 0.2) is 0 Å². The van der Waals surface area contributed by atoms with Crippen LogP contribution in [-0.2, 0) is 5.41 Å². The average Bonchev–Trinajstić information content (AvgIpc) is 3.63. The number of benzene rings is 11. The van der Waals surface area contributed by atoms with E-state index in [0.29, 0.717) is 0 Å². The Morgan fingerprint density at radius 3 is 0.967 bits per heavy atom. The van der Waals surface area contributed by atoms with E-state index in [9.17, 15) is 0 Å². The molecular weight excluding hydrogens is 737 g/mol. The molecule has 2 heteroatoms. The van der Waals surface area contributed by atoms with Crippen molar-refractivity contribution in [2.75, 3.05) is 9.80 Å². The van der Waals surface area contributed by atoms with Crippen molar-refractivity contribution in [2.24, 2.45) is 0 Å². The van der Waals surface area contributed by atoms with Crippen molar-refractivity contribution in [1.82, 2.24) is 0 Å². The highest BCUT2D eigenvalue weighted by atomic mass is 15.1. The van der Waals surface area contributed by atoms with E-state index in [-0.39, 0.29) is 0 Å². The summed E-state index contributed by atoms with van der Waals surface area (Å²) < 4.78 is 0. The molecule has 12 rings (SSSR count). The lowest BCUT2D eigenvalue weighted by Gasteiger charge is -2.36. The van der Waals surface area contributed by atoms with E-state index in [1.54, 1.807) is 0 Å². The zero-order valence-electron chi connectivity index (χ0n) is 33.5. The van der Waals surface area contributed by atoms with Gasteiger partial charge in [-0.1, -0.05) is 170 Å². The minimum Gasteiger partial charge on any atom is -0.310 e. The third-order valence-corrected chi connectivity index (χ3v) is 12.7. The van der Waals surface area contributed by atoms with Gasteiger partial charge in [-0.2, -0.15) is 0 Å². The van der Waals surface area contributed by atoms with E-state index < -0.39 is 5.41 Å². The molecule has 0 aromatic heterocycles. The normalized spacial score (nSPS) is 12.7. The summed E-state index contributed by atoms with van der Waals surface area (Å²) in [5, 5.41) is 9.93. The summed E-state index contributed by atoms with van der Waals surface area (Å²) in [5.74, 6) is 0. The lowest BCUT2D eigenvalue weighted by atomic mass is 9.67. The van der Waals surface area contributed by atoms with Crippen molar-refractivity contribution in [1.29, 1.82) is 0 Å². The molecule has 0 aliphatic heterocycles. The fourth-order valence-electron chi connectivity index (χ4n) is 10.1. The van der Waals surface area contributed by atoms with Crippen LogP contribution in [0.2, 0.25) is 0 Å². The molecule has 0 spiro atoms. The molecule has 0 amide bonds. The van der Waals surface area contributed by atoms with E-state index in [4.69, 9.17) is 0 Å². The maximum atomic E-state index is 2.49. The highest BCUT2D eigenvalue weighted by Gasteiger charge is 2.46. The third kappa shape index (κ3) is 5.57. The minimum atomic E-state index is -0.633. The molecule has 286 valence electrons. The molecule has 0 fully saturated rings. The van der Waals surface area contributed by atoms with Crippen LogP contribution in [0.4, 0.5) is 34.1 Å². The van der Waals surface area contributed by atoms with Gasteiger partial charge in [0.05, 0.1) is 5.41 Å². The Morgan fingerprint density at radius 2 is 0.557 bits per heavy atom. The van der Waals surface area contributed by atoms with Gasteiger partial charge in [-0.3, -0.25) is 0 Å². The van der Waals surface area contributed by atoms with Crippen LogP contribution in [0.1, 0.15) is 22.3 Å². The molecule has 0 unspecified atom stereocenters. The number of fused-ring (bicyclic) bond motifs is 2. The summed E-state index contributed by atoms with van der Waals surface area (Å²) in [7, 11) is 0. The SMILES string of the molecule is c1ccc(N(c2ccc3ccccc3c2)c2cc3c4c(ccc5cc(N(c6ccccc6)c6ccc7ccccc7c6)cc(c54)C3(c3ccccc3)c3ccccc3)c2)cc1. The molecule has 61 heavy (non-hydrogen) atoms. The quantitative estimate of drug-likeness (QED) is 0.142. The van der Waals surface area contributed by atoms with Gasteiger partial charge in [0.1, 0.15) is 0 Å². The standard InChI is InChI=1S/C59H40N2/c1-5-21-47(22-6-1)59(48-23-7-2-8-24-48)55-39-53(60(49-25-9-3-10-26-49)51-33-31-41-17-13-15-19-43(41)35-51)37-45-29-30-46-38-54(40-56(59)58(46)57(45)55)61(50-27-11-4-12-28-50)52-34-32-42-18-14-16-20-44(42)36-52/h1-40H. The van der Waals surface area contributed by atoms with E-state index in [0.717, 1.165) is 34.1 Å². The molecule has 0 heterocycles. The van der Waals surface area contributed by atoms with Crippen LogP contribution >= 0.6 is 0 Å². The molecule has 0 atom stereocenters. The monoisotopic (exact) mass is 776 g/mol. The van der Waals surface area contributed by atoms with Crippen LogP contribution in [0.5, 0.6) is 0 Å². The number of anilines is 6. The highest BCUT2D eigenvalue weighted by Crippen LogP contribution is 2.58. The van der Waals surface area contributed by atoms with Gasteiger partial charge in [0.2, 0.25) is 0 Å². The summed E-state index contributed by atoms with van der Waals surface area (Å²) >= 11 is 0. The first-order valence-electron chi connectivity index (χ1n) is 21.1. The first-order valence-corrected chi connectivity index (χ1v) is 21.1. The Labute approximate surface area is 355 Å². The fourth-order valence-corrected chi connectivity index (χ4v) is 10.1. The van der Waals surface area contributed by atoms with Crippen LogP contribution in [0, 0.1) is 0 Å². The second-order valence-corrected chi connectivity index (χ2v) is 16.1. The van der Waals surface area contributed by atoms with Crippen LogP contribution in [0.25, 0.3) is 43.1 Å². The van der Waals surface area contributed by atoms with Crippen molar-refractivity contribution in [3.8, 4) is 0 Å². The highest BCUT2D eigenvalue weighted by molar-refractivity contribution is 6.18. The molecule has 0 N–H and O–H groups in total. The summed E-state index contributed by atoms with van der Waals surface area (Å²) in [6.07, 6.45) is 0. The summed E-state index contributed by atoms with van der Waals surface area (Å²) in [6, 6.07) is 89.3. The van der Waals surface area contributed by atoms with E-state index >= 15 is 0 Å². The van der Waals surface area contributed by atoms with Crippen molar-refractivity contribution < 1.29 is 0 Å². The molecule has 11 aromatic carbocycles. The number of nitrogens with zero attached hydrogens (tertiary/aromatic N) is 2. The topological polar surface area (TPSA) is 6.48 Å². The van der Waals surface area contributed by atoms with Gasteiger partial charge in [0.25, 0.3) is 0 Å². The number of hydrogen-bond donors (Lipinski definition) is 0. The molecule has 1 aliphatic carbocycles. The average molecular weight is 777 g/mol. The molecule has 1 aliphatic rings. The number of para-hydroxylation sites is 2. The number of hydrogen-bond acceptors (Lipinski definition) is 2. The summed E-state index contributed by atoms with van der Waals surface area (Å²) in [6.45, 7) is 0. The second-order valence-electron chi connectivity index (χ2n) is 16.1. The fraction of sp³-hybridized carbons (Fsp3) is 0.0169. The van der Waals surface area contributed by atoms with Crippen LogP contribution < -0.4 is 9.80 Å². The predicted octanol–water partition coefficient (Wildman–Crippen LogP) is 15.9. The van der Waals surface area contributed by atoms with Gasteiger partial charge >= 0.3 is 0 Å². The maximum Gasteiger partial charge on any atom is 0.0715 e. The van der Waals surface area contributed by atoms with Crippen LogP contribution in [0.15, 0.2) is 243 Å². The molecule has 11 aromatic rings. The Bertz CT molecular complexity index is 3180. The van der Waals surface area contributed by atoms with Crippen molar-refractivity contribution in [2.45, 2.75) is 5.41 Å². The smallest absolute Gasteiger partial charge is 0.0715 e. The Balaban J connectivity index is 1.17. The first kappa shape index (κ1) is 35.0. The Morgan fingerprint density at radius 1 is 0.230 bits per heavy atom. The van der Waals surface area contributed by atoms with Gasteiger partial charge in [0, 0.05) is 34.1 Å². The van der Waals surface area contributed by atoms with Crippen molar-refractivity contribution in [3.05, 3.63) is 265 Å². The van der Waals surface area contributed by atoms with Crippen molar-refractivity contribution >= 4 is 77.2 Å². The van der Waals surface area contributed by atoms with E-state index in [1.165, 1.54) is 65.3 Å². The molecule has 0 radical (unpaired) electrons. The van der Waals surface area contributed by atoms with Gasteiger partial charge in [-0.25, -0.2) is 0 Å². The maximum absolute atomic E-state index is 2.49. The van der Waals surface area contributed by atoms with Gasteiger partial charge < -0.3 is 9.80 Å². The van der Waals surface area contributed by atoms with E-state index in [1.807, 2.05) is 0 Å². The lowest BCUT2D eigenvalue weighted by Crippen LogP contribution is -2.29. The summed E-state index contributed by atoms with van der Waals surface area (Å²) in [4.78, 5) is 4.86. The predicted molar refractivity (Wildman–Crippen MR) is 258 cm³/mol. The first-order chi connectivity index (χ1) is 30.2. The van der Waals surface area contributed by atoms with Crippen molar-refractivity contribution in [3.63, 3.8) is 0 Å².